The van der Waals surface area contributed by atoms with Crippen molar-refractivity contribution in [3.63, 3.8) is 0 Å². The van der Waals surface area contributed by atoms with Gasteiger partial charge in [-0.2, -0.15) is 0 Å². The summed E-state index contributed by atoms with van der Waals surface area (Å²) in [6, 6.07) is 9.38. The number of benzene rings is 1. The maximum atomic E-state index is 12.6. The highest BCUT2D eigenvalue weighted by atomic mass is 16.2. The number of hydrazine groups is 1. The van der Waals surface area contributed by atoms with Crippen molar-refractivity contribution >= 4 is 5.91 Å². The van der Waals surface area contributed by atoms with Gasteiger partial charge in [0.05, 0.1) is 6.04 Å². The summed E-state index contributed by atoms with van der Waals surface area (Å²) in [7, 11) is 2.04. The van der Waals surface area contributed by atoms with Crippen LogP contribution >= 0.6 is 0 Å². The molecule has 1 aromatic carbocycles. The molecule has 3 N–H and O–H groups in total. The lowest BCUT2D eigenvalue weighted by Crippen LogP contribution is -2.48. The lowest BCUT2D eigenvalue weighted by molar-refractivity contribution is -0.126. The van der Waals surface area contributed by atoms with E-state index in [0.717, 1.165) is 32.4 Å². The number of hydrogen-bond acceptors (Lipinski definition) is 4. The second kappa shape index (κ2) is 7.64. The molecule has 2 heterocycles. The summed E-state index contributed by atoms with van der Waals surface area (Å²) in [4.78, 5) is 14.7. The topological polar surface area (TPSA) is 56.4 Å². The molecule has 5 nitrogen and oxygen atoms in total. The van der Waals surface area contributed by atoms with Gasteiger partial charge >= 0.3 is 0 Å². The van der Waals surface area contributed by atoms with Crippen LogP contribution in [0.25, 0.3) is 0 Å². The van der Waals surface area contributed by atoms with Crippen molar-refractivity contribution in [3.8, 4) is 0 Å². The molecule has 3 rings (SSSR count). The normalized spacial score (nSPS) is 30.1. The van der Waals surface area contributed by atoms with Crippen molar-refractivity contribution in [3.05, 3.63) is 35.4 Å². The molecular weight excluding hydrogens is 300 g/mol. The minimum Gasteiger partial charge on any atom is -0.355 e. The Kier molecular flexibility index (Phi) is 5.54. The Morgan fingerprint density at radius 2 is 1.88 bits per heavy atom. The molecule has 1 aromatic rings. The van der Waals surface area contributed by atoms with E-state index in [1.807, 2.05) is 7.05 Å². The van der Waals surface area contributed by atoms with Crippen LogP contribution in [-0.4, -0.2) is 42.5 Å². The van der Waals surface area contributed by atoms with Gasteiger partial charge in [0, 0.05) is 25.2 Å². The number of hydrogen-bond donors (Lipinski definition) is 3. The smallest absolute Gasteiger partial charge is 0.237 e. The van der Waals surface area contributed by atoms with Crippen molar-refractivity contribution in [2.45, 2.75) is 57.8 Å². The maximum absolute atomic E-state index is 12.6. The molecule has 2 aliphatic heterocycles. The first kappa shape index (κ1) is 17.4. The Labute approximate surface area is 145 Å². The van der Waals surface area contributed by atoms with Crippen LogP contribution in [0.5, 0.6) is 0 Å². The third-order valence-electron chi connectivity index (χ3n) is 5.62. The maximum Gasteiger partial charge on any atom is 0.237 e. The van der Waals surface area contributed by atoms with Gasteiger partial charge in [0.1, 0.15) is 0 Å². The molecule has 0 bridgehead atoms. The molecule has 3 unspecified atom stereocenters. The van der Waals surface area contributed by atoms with Gasteiger partial charge in [-0.25, -0.2) is 0 Å². The van der Waals surface area contributed by atoms with E-state index >= 15 is 0 Å². The van der Waals surface area contributed by atoms with Gasteiger partial charge in [-0.3, -0.25) is 20.5 Å². The van der Waals surface area contributed by atoms with Crippen molar-refractivity contribution in [1.29, 1.82) is 0 Å². The molecule has 0 spiro atoms. The quantitative estimate of drug-likeness (QED) is 0.715. The van der Waals surface area contributed by atoms with Crippen LogP contribution in [0.4, 0.5) is 0 Å². The molecule has 1 fully saturated rings. The summed E-state index contributed by atoms with van der Waals surface area (Å²) in [5, 5.41) is 3.15. The van der Waals surface area contributed by atoms with Gasteiger partial charge in [-0.05, 0) is 57.2 Å². The van der Waals surface area contributed by atoms with Gasteiger partial charge in [0.15, 0.2) is 0 Å². The molecule has 24 heavy (non-hydrogen) atoms. The molecule has 1 amide bonds. The average molecular weight is 330 g/mol. The Bertz CT molecular complexity index is 566. The first-order valence-corrected chi connectivity index (χ1v) is 9.12. The highest BCUT2D eigenvalue weighted by molar-refractivity contribution is 5.82. The van der Waals surface area contributed by atoms with E-state index in [4.69, 9.17) is 0 Å². The minimum atomic E-state index is -0.0486. The van der Waals surface area contributed by atoms with Crippen LogP contribution in [0.2, 0.25) is 0 Å². The molecule has 0 saturated carbocycles. The summed E-state index contributed by atoms with van der Waals surface area (Å²) in [5.74, 6) is 0.793. The van der Waals surface area contributed by atoms with E-state index in [2.05, 4.69) is 59.2 Å². The molecule has 2 aliphatic rings. The highest BCUT2D eigenvalue weighted by Crippen LogP contribution is 2.22. The number of nitrogens with zero attached hydrogens (tertiary/aromatic N) is 1. The number of fused-ring (bicyclic) bond motifs is 1. The van der Waals surface area contributed by atoms with Crippen molar-refractivity contribution in [2.75, 3.05) is 13.6 Å². The summed E-state index contributed by atoms with van der Waals surface area (Å²) in [6.07, 6.45) is 2.97. The van der Waals surface area contributed by atoms with E-state index < -0.39 is 0 Å². The Balaban J connectivity index is 1.45. The zero-order chi connectivity index (χ0) is 17.1. The SMILES string of the molecule is CC1NNC(C)C1CCCNC(=O)C1Cc2ccccc2CN1C. The molecular formula is C19H30N4O. The van der Waals surface area contributed by atoms with Gasteiger partial charge in [0.25, 0.3) is 0 Å². The molecule has 0 aromatic heterocycles. The lowest BCUT2D eigenvalue weighted by Gasteiger charge is -2.33. The van der Waals surface area contributed by atoms with Gasteiger partial charge in [0.2, 0.25) is 5.91 Å². The number of rotatable bonds is 5. The van der Waals surface area contributed by atoms with Gasteiger partial charge in [-0.15, -0.1) is 0 Å². The molecule has 1 saturated heterocycles. The minimum absolute atomic E-state index is 0.0486. The molecule has 5 heteroatoms. The molecule has 3 atom stereocenters. The second-order valence-electron chi connectivity index (χ2n) is 7.37. The van der Waals surface area contributed by atoms with Crippen LogP contribution < -0.4 is 16.2 Å². The molecule has 0 radical (unpaired) electrons. The number of carbonyl (C=O) groups is 1. The highest BCUT2D eigenvalue weighted by Gasteiger charge is 2.30. The van der Waals surface area contributed by atoms with Crippen molar-refractivity contribution < 1.29 is 4.79 Å². The fraction of sp³-hybridized carbons (Fsp3) is 0.632. The average Bonchev–Trinajstić information content (AvgIpc) is 2.89. The fourth-order valence-corrected chi connectivity index (χ4v) is 4.02. The van der Waals surface area contributed by atoms with Gasteiger partial charge in [-0.1, -0.05) is 24.3 Å². The summed E-state index contributed by atoms with van der Waals surface area (Å²) in [6.45, 7) is 6.05. The Morgan fingerprint density at radius 1 is 1.21 bits per heavy atom. The zero-order valence-corrected chi connectivity index (χ0v) is 15.0. The van der Waals surface area contributed by atoms with E-state index in [1.54, 1.807) is 0 Å². The number of nitrogens with one attached hydrogen (secondary N) is 3. The van der Waals surface area contributed by atoms with Crippen LogP contribution in [0.15, 0.2) is 24.3 Å². The predicted molar refractivity (Wildman–Crippen MR) is 96.3 cm³/mol. The largest absolute Gasteiger partial charge is 0.355 e. The predicted octanol–water partition coefficient (Wildman–Crippen LogP) is 1.44. The Hall–Kier alpha value is -1.43. The lowest BCUT2D eigenvalue weighted by atomic mass is 9.91. The molecule has 0 aliphatic carbocycles. The fourth-order valence-electron chi connectivity index (χ4n) is 4.02. The van der Waals surface area contributed by atoms with Crippen LogP contribution in [0, 0.1) is 5.92 Å². The zero-order valence-electron chi connectivity index (χ0n) is 15.0. The van der Waals surface area contributed by atoms with Crippen molar-refractivity contribution in [1.82, 2.24) is 21.1 Å². The van der Waals surface area contributed by atoms with Crippen LogP contribution in [0.3, 0.4) is 0 Å². The summed E-state index contributed by atoms with van der Waals surface area (Å²) in [5.41, 5.74) is 9.23. The molecule has 132 valence electrons. The summed E-state index contributed by atoms with van der Waals surface area (Å²) >= 11 is 0. The number of likely N-dealkylation sites (N-methyl/N-ethyl adjacent to an activating group) is 1. The van der Waals surface area contributed by atoms with Gasteiger partial charge < -0.3 is 5.32 Å². The second-order valence-corrected chi connectivity index (χ2v) is 7.37. The number of amides is 1. The first-order valence-electron chi connectivity index (χ1n) is 9.12. The van der Waals surface area contributed by atoms with Crippen molar-refractivity contribution in [2.24, 2.45) is 5.92 Å². The summed E-state index contributed by atoms with van der Waals surface area (Å²) < 4.78 is 0. The van der Waals surface area contributed by atoms with E-state index in [0.29, 0.717) is 18.0 Å². The third kappa shape index (κ3) is 3.79. The van der Waals surface area contributed by atoms with E-state index in [-0.39, 0.29) is 11.9 Å². The van der Waals surface area contributed by atoms with E-state index in [1.165, 1.54) is 11.1 Å². The number of carbonyl (C=O) groups excluding carboxylic acids is 1. The standard InChI is InChI=1S/C19H30N4O/c1-13-17(14(2)22-21-13)9-6-10-20-19(24)18-11-15-7-4-5-8-16(15)12-23(18)3/h4-5,7-8,13-14,17-18,21-22H,6,9-12H2,1-3H3,(H,20,24). The Morgan fingerprint density at radius 3 is 2.58 bits per heavy atom. The first-order chi connectivity index (χ1) is 11.6. The monoisotopic (exact) mass is 330 g/mol. The van der Waals surface area contributed by atoms with Crippen LogP contribution in [0.1, 0.15) is 37.8 Å². The third-order valence-corrected chi connectivity index (χ3v) is 5.62. The van der Waals surface area contributed by atoms with Crippen LogP contribution in [-0.2, 0) is 17.8 Å². The van der Waals surface area contributed by atoms with E-state index in [9.17, 15) is 4.79 Å².